The molecule has 0 aliphatic heterocycles. The fourth-order valence-electron chi connectivity index (χ4n) is 0.300. The van der Waals surface area contributed by atoms with Crippen LogP contribution >= 0.6 is 0 Å². The summed E-state index contributed by atoms with van der Waals surface area (Å²) >= 11 is 1.56. The van der Waals surface area contributed by atoms with Crippen molar-refractivity contribution in [2.24, 2.45) is 0 Å². The Labute approximate surface area is 69.6 Å². The first-order valence-corrected chi connectivity index (χ1v) is 3.46. The third-order valence-electron chi connectivity index (χ3n) is 0.746. The summed E-state index contributed by atoms with van der Waals surface area (Å²) in [6.07, 6.45) is -4.92. The van der Waals surface area contributed by atoms with Crippen molar-refractivity contribution in [3.63, 3.8) is 0 Å². The monoisotopic (exact) mass is 228 g/mol. The second kappa shape index (κ2) is 3.81. The number of hydrogen-bond donors (Lipinski definition) is 1. The number of halogens is 3. The van der Waals surface area contributed by atoms with Crippen LogP contribution in [0.4, 0.5) is 13.2 Å². The zero-order chi connectivity index (χ0) is 9.07. The van der Waals surface area contributed by atoms with Crippen LogP contribution in [0, 0.1) is 0 Å². The molecular formula is C5H4AsF3O2. The molecule has 6 heteroatoms. The van der Waals surface area contributed by atoms with Crippen molar-refractivity contribution in [1.82, 2.24) is 0 Å². The molecule has 0 aliphatic carbocycles. The summed E-state index contributed by atoms with van der Waals surface area (Å²) in [5.41, 5.74) is 0. The van der Waals surface area contributed by atoms with Gasteiger partial charge in [0.25, 0.3) is 0 Å². The second-order valence-electron chi connectivity index (χ2n) is 1.71. The summed E-state index contributed by atoms with van der Waals surface area (Å²) in [4.78, 5) is 9.96. The predicted octanol–water partition coefficient (Wildman–Crippen LogP) is 1.08. The number of alkyl halides is 3. The van der Waals surface area contributed by atoms with Crippen molar-refractivity contribution in [3.8, 4) is 0 Å². The van der Waals surface area contributed by atoms with Crippen molar-refractivity contribution >= 4 is 22.8 Å². The molecule has 0 unspecified atom stereocenters. The van der Waals surface area contributed by atoms with Crippen molar-refractivity contribution in [2.45, 2.75) is 12.6 Å². The van der Waals surface area contributed by atoms with Gasteiger partial charge in [0.1, 0.15) is 0 Å². The fraction of sp³-hybridized carbons (Fsp3) is 0.400. The molecule has 2 nitrogen and oxygen atoms in total. The zero-order valence-corrected chi connectivity index (χ0v) is 7.10. The normalized spacial score (nSPS) is 13.3. The van der Waals surface area contributed by atoms with E-state index in [9.17, 15) is 18.0 Å². The van der Waals surface area contributed by atoms with E-state index in [1.165, 1.54) is 0 Å². The van der Waals surface area contributed by atoms with Gasteiger partial charge in [0.2, 0.25) is 0 Å². The van der Waals surface area contributed by atoms with E-state index in [2.05, 4.69) is 0 Å². The van der Waals surface area contributed by atoms with Crippen molar-refractivity contribution in [2.75, 3.05) is 0 Å². The van der Waals surface area contributed by atoms with Gasteiger partial charge in [-0.05, 0) is 0 Å². The average Bonchev–Trinajstić information content (AvgIpc) is 1.80. The van der Waals surface area contributed by atoms with Crippen LogP contribution in [0.15, 0.2) is 10.4 Å². The molecule has 0 atom stereocenters. The Kier molecular flexibility index (Phi) is 3.66. The van der Waals surface area contributed by atoms with Crippen LogP contribution in [0.25, 0.3) is 0 Å². The van der Waals surface area contributed by atoms with Crippen molar-refractivity contribution < 1.29 is 23.1 Å². The Morgan fingerprint density at radius 2 is 2.00 bits per heavy atom. The maximum atomic E-state index is 11.4. The molecule has 0 aromatic heterocycles. The number of carboxylic acid groups (broad SMARTS) is 1. The van der Waals surface area contributed by atoms with Gasteiger partial charge in [-0.25, -0.2) is 0 Å². The van der Waals surface area contributed by atoms with Crippen LogP contribution in [0.5, 0.6) is 0 Å². The first-order valence-electron chi connectivity index (χ1n) is 2.52. The minimum absolute atomic E-state index is 0.352. The van der Waals surface area contributed by atoms with E-state index in [1.54, 1.807) is 16.9 Å². The van der Waals surface area contributed by atoms with Crippen LogP contribution in [-0.2, 0) is 4.79 Å². The Morgan fingerprint density at radius 3 is 2.27 bits per heavy atom. The van der Waals surface area contributed by atoms with Gasteiger partial charge in [-0.2, -0.15) is 0 Å². The van der Waals surface area contributed by atoms with Gasteiger partial charge >= 0.3 is 68.9 Å². The first-order chi connectivity index (χ1) is 4.83. The van der Waals surface area contributed by atoms with Gasteiger partial charge in [0.15, 0.2) is 0 Å². The van der Waals surface area contributed by atoms with Crippen LogP contribution in [0.1, 0.15) is 6.42 Å². The van der Waals surface area contributed by atoms with E-state index in [0.717, 1.165) is 0 Å². The summed E-state index contributed by atoms with van der Waals surface area (Å²) in [5, 5.41) is 8.13. The second-order valence-corrected chi connectivity index (χ2v) is 2.72. The third-order valence-corrected chi connectivity index (χ3v) is 1.53. The summed E-state index contributed by atoms with van der Waals surface area (Å²) in [7, 11) is 0. The molecule has 0 bridgehead atoms. The number of carbonyl (C=O) groups is 1. The molecular weight excluding hydrogens is 224 g/mol. The molecule has 0 saturated carbocycles. The molecule has 0 amide bonds. The summed E-state index contributed by atoms with van der Waals surface area (Å²) in [6, 6.07) is 0. The Hall–Kier alpha value is -0.442. The molecule has 0 rings (SSSR count). The first kappa shape index (κ1) is 10.6. The van der Waals surface area contributed by atoms with E-state index >= 15 is 0 Å². The quantitative estimate of drug-likeness (QED) is 0.567. The van der Waals surface area contributed by atoms with Gasteiger partial charge in [0.05, 0.1) is 0 Å². The Bertz CT molecular complexity index is 185. The van der Waals surface area contributed by atoms with E-state index in [0.29, 0.717) is 6.08 Å². The van der Waals surface area contributed by atoms with Crippen LogP contribution < -0.4 is 0 Å². The zero-order valence-electron chi connectivity index (χ0n) is 5.22. The van der Waals surface area contributed by atoms with E-state index in [-0.39, 0.29) is 4.36 Å². The summed E-state index contributed by atoms with van der Waals surface area (Å²) in [5.74, 6) is -1.35. The fourth-order valence-corrected chi connectivity index (χ4v) is 0.491. The Balaban J connectivity index is 4.04. The number of hydrogen-bond acceptors (Lipinski definition) is 1. The molecule has 0 aliphatic rings. The Morgan fingerprint density at radius 1 is 1.55 bits per heavy atom. The molecule has 0 fully saturated rings. The van der Waals surface area contributed by atoms with E-state index in [1.807, 2.05) is 0 Å². The van der Waals surface area contributed by atoms with Crippen molar-refractivity contribution in [1.29, 1.82) is 0 Å². The molecule has 0 aromatic carbocycles. The molecule has 11 heavy (non-hydrogen) atoms. The summed E-state index contributed by atoms with van der Waals surface area (Å²) < 4.78 is 34.0. The molecule has 0 aromatic rings. The topological polar surface area (TPSA) is 37.3 Å². The minimum atomic E-state index is -4.33. The van der Waals surface area contributed by atoms with Crippen LogP contribution in [0.3, 0.4) is 0 Å². The third kappa shape index (κ3) is 5.98. The molecule has 2 radical (unpaired) electrons. The number of carboxylic acids is 1. The summed E-state index contributed by atoms with van der Waals surface area (Å²) in [6.45, 7) is 0. The standard InChI is InChI=1S/C5H4AsF3O2/c6-3(4(10)11)1-2-5(7,8)9/h1H,2H2,(H,10,11). The average molecular weight is 228 g/mol. The van der Waals surface area contributed by atoms with E-state index in [4.69, 9.17) is 5.11 Å². The number of aliphatic carboxylic acids is 1. The van der Waals surface area contributed by atoms with Gasteiger partial charge in [-0.3, -0.25) is 0 Å². The van der Waals surface area contributed by atoms with Gasteiger partial charge in [-0.1, -0.05) is 0 Å². The van der Waals surface area contributed by atoms with E-state index < -0.39 is 18.6 Å². The molecule has 0 saturated heterocycles. The molecule has 0 heterocycles. The molecule has 0 spiro atoms. The SMILES string of the molecule is O=C(O)C([As])=CCC(F)(F)F. The van der Waals surface area contributed by atoms with Gasteiger partial charge in [0, 0.05) is 0 Å². The van der Waals surface area contributed by atoms with Crippen molar-refractivity contribution in [3.05, 3.63) is 10.4 Å². The van der Waals surface area contributed by atoms with Crippen LogP contribution in [0.2, 0.25) is 0 Å². The number of rotatable bonds is 2. The van der Waals surface area contributed by atoms with Gasteiger partial charge in [-0.15, -0.1) is 0 Å². The van der Waals surface area contributed by atoms with Gasteiger partial charge < -0.3 is 0 Å². The maximum absolute atomic E-state index is 11.4. The molecule has 62 valence electrons. The van der Waals surface area contributed by atoms with Crippen LogP contribution in [-0.4, -0.2) is 34.1 Å². The molecule has 1 N–H and O–H groups in total. The predicted molar refractivity (Wildman–Crippen MR) is 32.1 cm³/mol. The number of allylic oxidation sites excluding steroid dienone is 1.